The Morgan fingerprint density at radius 3 is 2.88 bits per heavy atom. The van der Waals surface area contributed by atoms with E-state index in [9.17, 15) is 9.59 Å². The average molecular weight is 334 g/mol. The summed E-state index contributed by atoms with van der Waals surface area (Å²) in [7, 11) is 0. The van der Waals surface area contributed by atoms with E-state index >= 15 is 0 Å². The van der Waals surface area contributed by atoms with Crippen LogP contribution in [0.25, 0.3) is 0 Å². The fourth-order valence-corrected chi connectivity index (χ4v) is 2.68. The number of carbonyl (C=O) groups is 2. The molecule has 2 N–H and O–H groups in total. The number of aromatic nitrogens is 1. The van der Waals surface area contributed by atoms with Crippen LogP contribution in [0, 0.1) is 0 Å². The van der Waals surface area contributed by atoms with Crippen molar-refractivity contribution in [3.8, 4) is 0 Å². The third-order valence-corrected chi connectivity index (χ3v) is 3.94. The lowest BCUT2D eigenvalue weighted by Crippen LogP contribution is -2.48. The molecule has 24 heavy (non-hydrogen) atoms. The number of nitrogens with zero attached hydrogens (tertiary/aromatic N) is 2. The van der Waals surface area contributed by atoms with Crippen molar-refractivity contribution in [3.05, 3.63) is 30.1 Å². The summed E-state index contributed by atoms with van der Waals surface area (Å²) >= 11 is 0. The molecule has 7 nitrogen and oxygen atoms in total. The van der Waals surface area contributed by atoms with Gasteiger partial charge in [-0.25, -0.2) is 4.79 Å². The van der Waals surface area contributed by atoms with E-state index in [4.69, 9.17) is 4.74 Å². The number of likely N-dealkylation sites (tertiary alicyclic amines) is 1. The van der Waals surface area contributed by atoms with Gasteiger partial charge in [-0.2, -0.15) is 0 Å². The molecule has 1 aliphatic rings. The summed E-state index contributed by atoms with van der Waals surface area (Å²) in [5.74, 6) is -0.0852. The van der Waals surface area contributed by atoms with Crippen LogP contribution in [0.3, 0.4) is 0 Å². The van der Waals surface area contributed by atoms with Crippen molar-refractivity contribution in [1.29, 1.82) is 0 Å². The van der Waals surface area contributed by atoms with Gasteiger partial charge in [-0.05, 0) is 37.5 Å². The van der Waals surface area contributed by atoms with E-state index in [1.165, 1.54) is 0 Å². The van der Waals surface area contributed by atoms with Crippen LogP contribution in [-0.4, -0.2) is 54.2 Å². The summed E-state index contributed by atoms with van der Waals surface area (Å²) in [6, 6.07) is 3.58. The fraction of sp³-hybridized carbons (Fsp3) is 0.588. The second kappa shape index (κ2) is 9.87. The highest BCUT2D eigenvalue weighted by atomic mass is 16.5. The van der Waals surface area contributed by atoms with Gasteiger partial charge < -0.3 is 20.3 Å². The Morgan fingerprint density at radius 2 is 2.12 bits per heavy atom. The Labute approximate surface area is 142 Å². The van der Waals surface area contributed by atoms with E-state index in [1.54, 1.807) is 17.3 Å². The molecule has 1 aliphatic heterocycles. The first-order valence-corrected chi connectivity index (χ1v) is 8.49. The Bertz CT molecular complexity index is 522. The van der Waals surface area contributed by atoms with Gasteiger partial charge in [-0.1, -0.05) is 0 Å². The maximum atomic E-state index is 12.1. The second-order valence-electron chi connectivity index (χ2n) is 5.78. The molecular formula is C17H26N4O3. The first-order chi connectivity index (χ1) is 11.7. The van der Waals surface area contributed by atoms with Crippen molar-refractivity contribution >= 4 is 11.9 Å². The zero-order chi connectivity index (χ0) is 17.2. The largest absolute Gasteiger partial charge is 0.377 e. The Balaban J connectivity index is 1.62. The Kier molecular flexibility index (Phi) is 7.48. The number of hydrogen-bond acceptors (Lipinski definition) is 4. The van der Waals surface area contributed by atoms with Gasteiger partial charge in [-0.15, -0.1) is 0 Å². The van der Waals surface area contributed by atoms with Gasteiger partial charge in [0.25, 0.3) is 0 Å². The lowest BCUT2D eigenvalue weighted by molar-refractivity contribution is -0.121. The number of urea groups is 1. The van der Waals surface area contributed by atoms with Crippen LogP contribution in [0.4, 0.5) is 4.79 Å². The molecule has 1 saturated heterocycles. The molecule has 1 fully saturated rings. The van der Waals surface area contributed by atoms with Crippen molar-refractivity contribution in [1.82, 2.24) is 20.5 Å². The van der Waals surface area contributed by atoms with Crippen LogP contribution in [0.5, 0.6) is 0 Å². The minimum Gasteiger partial charge on any atom is -0.377 e. The molecule has 0 aliphatic carbocycles. The van der Waals surface area contributed by atoms with Crippen molar-refractivity contribution in [2.75, 3.05) is 26.2 Å². The van der Waals surface area contributed by atoms with E-state index in [-0.39, 0.29) is 24.5 Å². The minimum atomic E-state index is -0.124. The highest BCUT2D eigenvalue weighted by molar-refractivity contribution is 5.78. The van der Waals surface area contributed by atoms with Crippen molar-refractivity contribution < 1.29 is 14.3 Å². The first-order valence-electron chi connectivity index (χ1n) is 8.49. The summed E-state index contributed by atoms with van der Waals surface area (Å²) in [6.07, 6.45) is 5.71. The number of carbonyl (C=O) groups excluding carboxylic acids is 2. The standard InChI is InChI=1S/C17H26N4O3/c1-2-24-15-4-3-11-21(13-15)17(23)19-10-7-16(22)20-12-14-5-8-18-9-6-14/h5-6,8-9,15H,2-4,7,10-13H2,1H3,(H,19,23)(H,20,22)/t15-/m1/s1. The smallest absolute Gasteiger partial charge is 0.317 e. The number of rotatable bonds is 7. The fourth-order valence-electron chi connectivity index (χ4n) is 2.68. The molecule has 132 valence electrons. The molecule has 1 aromatic rings. The predicted molar refractivity (Wildman–Crippen MR) is 90.3 cm³/mol. The van der Waals surface area contributed by atoms with E-state index < -0.39 is 0 Å². The minimum absolute atomic E-state index is 0.0852. The number of nitrogens with one attached hydrogen (secondary N) is 2. The molecule has 2 heterocycles. The van der Waals surface area contributed by atoms with E-state index in [0.29, 0.717) is 26.2 Å². The SMILES string of the molecule is CCO[C@@H]1CCCN(C(=O)NCCC(=O)NCc2ccncc2)C1. The molecule has 0 bridgehead atoms. The molecule has 0 aromatic carbocycles. The van der Waals surface area contributed by atoms with E-state index in [2.05, 4.69) is 15.6 Å². The van der Waals surface area contributed by atoms with Crippen LogP contribution in [0.2, 0.25) is 0 Å². The summed E-state index contributed by atoms with van der Waals surface area (Å²) in [6.45, 7) is 4.78. The van der Waals surface area contributed by atoms with E-state index in [1.807, 2.05) is 19.1 Å². The maximum Gasteiger partial charge on any atom is 0.317 e. The third-order valence-electron chi connectivity index (χ3n) is 3.94. The van der Waals surface area contributed by atoms with Gasteiger partial charge >= 0.3 is 6.03 Å². The third kappa shape index (κ3) is 6.16. The Hall–Kier alpha value is -2.15. The highest BCUT2D eigenvalue weighted by Gasteiger charge is 2.23. The van der Waals surface area contributed by atoms with E-state index in [0.717, 1.165) is 24.9 Å². The topological polar surface area (TPSA) is 83.6 Å². The number of ether oxygens (including phenoxy) is 1. The Morgan fingerprint density at radius 1 is 1.33 bits per heavy atom. The second-order valence-corrected chi connectivity index (χ2v) is 5.78. The van der Waals surface area contributed by atoms with Crippen LogP contribution in [-0.2, 0) is 16.1 Å². The number of hydrogen-bond donors (Lipinski definition) is 2. The van der Waals surface area contributed by atoms with Gasteiger partial charge in [0.05, 0.1) is 6.10 Å². The summed E-state index contributed by atoms with van der Waals surface area (Å²) < 4.78 is 5.59. The van der Waals surface area contributed by atoms with Crippen molar-refractivity contribution in [2.24, 2.45) is 0 Å². The van der Waals surface area contributed by atoms with Gasteiger partial charge in [0, 0.05) is 51.6 Å². The molecule has 0 radical (unpaired) electrons. The molecular weight excluding hydrogens is 308 g/mol. The van der Waals surface area contributed by atoms with Gasteiger partial charge in [-0.3, -0.25) is 9.78 Å². The summed E-state index contributed by atoms with van der Waals surface area (Å²) in [5, 5.41) is 5.63. The lowest BCUT2D eigenvalue weighted by atomic mass is 10.1. The predicted octanol–water partition coefficient (Wildman–Crippen LogP) is 1.30. The molecule has 1 aromatic heterocycles. The van der Waals surface area contributed by atoms with Crippen LogP contribution in [0.1, 0.15) is 31.7 Å². The quantitative estimate of drug-likeness (QED) is 0.787. The number of piperidine rings is 1. The highest BCUT2D eigenvalue weighted by Crippen LogP contribution is 2.13. The van der Waals surface area contributed by atoms with Crippen LogP contribution < -0.4 is 10.6 Å². The van der Waals surface area contributed by atoms with Gasteiger partial charge in [0.2, 0.25) is 5.91 Å². The molecule has 7 heteroatoms. The number of pyridine rings is 1. The summed E-state index contributed by atoms with van der Waals surface area (Å²) in [4.78, 5) is 29.6. The van der Waals surface area contributed by atoms with Gasteiger partial charge in [0.15, 0.2) is 0 Å². The number of amides is 3. The van der Waals surface area contributed by atoms with Gasteiger partial charge in [0.1, 0.15) is 0 Å². The van der Waals surface area contributed by atoms with Crippen molar-refractivity contribution in [3.63, 3.8) is 0 Å². The van der Waals surface area contributed by atoms with Crippen LogP contribution >= 0.6 is 0 Å². The lowest BCUT2D eigenvalue weighted by Gasteiger charge is -2.32. The van der Waals surface area contributed by atoms with Crippen molar-refractivity contribution in [2.45, 2.75) is 38.8 Å². The zero-order valence-electron chi connectivity index (χ0n) is 14.2. The maximum absolute atomic E-state index is 12.1. The average Bonchev–Trinajstić information content (AvgIpc) is 2.61. The monoisotopic (exact) mass is 334 g/mol. The molecule has 0 unspecified atom stereocenters. The molecule has 0 saturated carbocycles. The molecule has 2 rings (SSSR count). The molecule has 3 amide bonds. The molecule has 0 spiro atoms. The first kappa shape index (κ1) is 18.2. The van der Waals surface area contributed by atoms with Crippen LogP contribution in [0.15, 0.2) is 24.5 Å². The molecule has 1 atom stereocenters. The normalized spacial score (nSPS) is 17.4. The zero-order valence-corrected chi connectivity index (χ0v) is 14.2. The summed E-state index contributed by atoms with van der Waals surface area (Å²) in [5.41, 5.74) is 0.998.